The second-order valence-electron chi connectivity index (χ2n) is 6.13. The van der Waals surface area contributed by atoms with Crippen LogP contribution in [0.4, 0.5) is 0 Å². The third kappa shape index (κ3) is 3.69. The normalized spacial score (nSPS) is 14.9. The van der Waals surface area contributed by atoms with Crippen LogP contribution in [0.15, 0.2) is 42.5 Å². The molecule has 0 bridgehead atoms. The molecule has 6 nitrogen and oxygen atoms in total. The smallest absolute Gasteiger partial charge is 0.324 e. The van der Waals surface area contributed by atoms with Crippen LogP contribution in [0.1, 0.15) is 24.5 Å². The minimum Gasteiger partial charge on any atom is -0.508 e. The fraction of sp³-hybridized carbons (Fsp3) is 0.316. The van der Waals surface area contributed by atoms with E-state index in [9.17, 15) is 15.0 Å². The van der Waals surface area contributed by atoms with E-state index in [2.05, 4.69) is 5.32 Å². The van der Waals surface area contributed by atoms with Gasteiger partial charge in [-0.2, -0.15) is 0 Å². The first-order valence-electron chi connectivity index (χ1n) is 8.17. The Balaban J connectivity index is 1.76. The topological polar surface area (TPSA) is 88.0 Å². The fourth-order valence-corrected chi connectivity index (χ4v) is 2.90. The monoisotopic (exact) mass is 343 g/mol. The molecule has 0 amide bonds. The molecule has 6 heteroatoms. The highest BCUT2D eigenvalue weighted by Crippen LogP contribution is 2.32. The molecule has 2 aromatic rings. The first kappa shape index (κ1) is 17.1. The molecule has 0 spiro atoms. The largest absolute Gasteiger partial charge is 0.508 e. The van der Waals surface area contributed by atoms with Crippen LogP contribution >= 0.6 is 0 Å². The van der Waals surface area contributed by atoms with Gasteiger partial charge in [-0.05, 0) is 41.8 Å². The predicted octanol–water partition coefficient (Wildman–Crippen LogP) is 2.69. The number of phenolic OH excluding ortho intramolecular Hbond substituents is 1. The number of carbonyl (C=O) groups is 1. The number of fused-ring (bicyclic) bond motifs is 1. The first-order valence-corrected chi connectivity index (χ1v) is 8.17. The molecule has 0 unspecified atom stereocenters. The summed E-state index contributed by atoms with van der Waals surface area (Å²) in [6, 6.07) is 12.2. The van der Waals surface area contributed by atoms with Crippen molar-refractivity contribution in [3.05, 3.63) is 53.6 Å². The van der Waals surface area contributed by atoms with E-state index < -0.39 is 11.5 Å². The van der Waals surface area contributed by atoms with Crippen LogP contribution in [0.2, 0.25) is 0 Å². The van der Waals surface area contributed by atoms with E-state index in [4.69, 9.17) is 9.47 Å². The molecule has 0 aromatic heterocycles. The van der Waals surface area contributed by atoms with Crippen molar-refractivity contribution in [3.8, 4) is 17.2 Å². The Morgan fingerprint density at radius 2 is 1.80 bits per heavy atom. The van der Waals surface area contributed by atoms with Gasteiger partial charge in [0.05, 0.1) is 0 Å². The van der Waals surface area contributed by atoms with Gasteiger partial charge in [0.1, 0.15) is 11.3 Å². The van der Waals surface area contributed by atoms with Crippen molar-refractivity contribution >= 4 is 5.97 Å². The number of hydrogen-bond donors (Lipinski definition) is 3. The van der Waals surface area contributed by atoms with Crippen LogP contribution < -0.4 is 14.8 Å². The van der Waals surface area contributed by atoms with Gasteiger partial charge < -0.3 is 19.7 Å². The molecule has 25 heavy (non-hydrogen) atoms. The Hall–Kier alpha value is -2.73. The molecule has 1 aliphatic rings. The highest BCUT2D eigenvalue weighted by atomic mass is 16.7. The van der Waals surface area contributed by atoms with Crippen LogP contribution in [-0.4, -0.2) is 28.5 Å². The molecule has 2 aromatic carbocycles. The summed E-state index contributed by atoms with van der Waals surface area (Å²) >= 11 is 0. The molecule has 132 valence electrons. The van der Waals surface area contributed by atoms with E-state index in [0.29, 0.717) is 30.9 Å². The number of carboxylic acid groups (broad SMARTS) is 1. The molecule has 1 aliphatic heterocycles. The highest BCUT2D eigenvalue weighted by molar-refractivity contribution is 5.79. The van der Waals surface area contributed by atoms with Crippen molar-refractivity contribution < 1.29 is 24.5 Å². The number of phenols is 1. The summed E-state index contributed by atoms with van der Waals surface area (Å²) in [5, 5.41) is 22.4. The average molecular weight is 343 g/mol. The number of ether oxygens (including phenoxy) is 2. The Kier molecular flexibility index (Phi) is 4.81. The molecule has 0 saturated heterocycles. The SMILES string of the molecule is CC[C@@](Cc1ccc(O)cc1)(NCc1ccc2c(c1)OCO2)C(=O)O. The van der Waals surface area contributed by atoms with Crippen molar-refractivity contribution in [2.24, 2.45) is 0 Å². The van der Waals surface area contributed by atoms with Gasteiger partial charge in [0.25, 0.3) is 0 Å². The maximum atomic E-state index is 12.0. The van der Waals surface area contributed by atoms with E-state index in [1.807, 2.05) is 25.1 Å². The maximum Gasteiger partial charge on any atom is 0.324 e. The molecular weight excluding hydrogens is 322 g/mol. The number of benzene rings is 2. The third-order valence-electron chi connectivity index (χ3n) is 4.52. The predicted molar refractivity (Wildman–Crippen MR) is 91.9 cm³/mol. The summed E-state index contributed by atoms with van der Waals surface area (Å²) in [4.78, 5) is 12.0. The summed E-state index contributed by atoms with van der Waals surface area (Å²) < 4.78 is 10.7. The highest BCUT2D eigenvalue weighted by Gasteiger charge is 2.36. The fourth-order valence-electron chi connectivity index (χ4n) is 2.90. The Morgan fingerprint density at radius 3 is 2.48 bits per heavy atom. The number of carboxylic acids is 1. The van der Waals surface area contributed by atoms with Gasteiger partial charge in [-0.25, -0.2) is 0 Å². The summed E-state index contributed by atoms with van der Waals surface area (Å²) in [7, 11) is 0. The molecule has 1 atom stereocenters. The standard InChI is InChI=1S/C19H21NO5/c1-2-19(18(22)23,10-13-3-6-15(21)7-4-13)20-11-14-5-8-16-17(9-14)25-12-24-16/h3-9,20-21H,2,10-12H2,1H3,(H,22,23)/t19-/m0/s1. The lowest BCUT2D eigenvalue weighted by Crippen LogP contribution is -2.53. The molecule has 0 radical (unpaired) electrons. The molecular formula is C19H21NO5. The summed E-state index contributed by atoms with van der Waals surface area (Å²) in [5.74, 6) is 0.640. The van der Waals surface area contributed by atoms with Crippen LogP contribution in [0, 0.1) is 0 Å². The first-order chi connectivity index (χ1) is 12.0. The second kappa shape index (κ2) is 7.03. The molecule has 0 saturated carbocycles. The van der Waals surface area contributed by atoms with E-state index in [1.165, 1.54) is 0 Å². The van der Waals surface area contributed by atoms with E-state index >= 15 is 0 Å². The van der Waals surface area contributed by atoms with Gasteiger partial charge in [0, 0.05) is 13.0 Å². The quantitative estimate of drug-likeness (QED) is 0.716. The van der Waals surface area contributed by atoms with Crippen molar-refractivity contribution in [1.29, 1.82) is 0 Å². The summed E-state index contributed by atoms with van der Waals surface area (Å²) in [6.07, 6.45) is 0.747. The van der Waals surface area contributed by atoms with Crippen LogP contribution in [0.25, 0.3) is 0 Å². The number of aliphatic carboxylic acids is 1. The van der Waals surface area contributed by atoms with Crippen molar-refractivity contribution in [3.63, 3.8) is 0 Å². The van der Waals surface area contributed by atoms with Gasteiger partial charge in [-0.1, -0.05) is 25.1 Å². The lowest BCUT2D eigenvalue weighted by molar-refractivity contribution is -0.145. The number of rotatable bonds is 7. The van der Waals surface area contributed by atoms with Gasteiger partial charge in [0.2, 0.25) is 6.79 Å². The van der Waals surface area contributed by atoms with Gasteiger partial charge in [0.15, 0.2) is 11.5 Å². The Bertz CT molecular complexity index is 759. The van der Waals surface area contributed by atoms with Gasteiger partial charge >= 0.3 is 5.97 Å². The molecule has 1 heterocycles. The Morgan fingerprint density at radius 1 is 1.12 bits per heavy atom. The van der Waals surface area contributed by atoms with E-state index in [1.54, 1.807) is 24.3 Å². The Labute approximate surface area is 146 Å². The van der Waals surface area contributed by atoms with Crippen molar-refractivity contribution in [2.75, 3.05) is 6.79 Å². The zero-order valence-electron chi connectivity index (χ0n) is 14.0. The lowest BCUT2D eigenvalue weighted by Gasteiger charge is -2.30. The zero-order chi connectivity index (χ0) is 17.9. The van der Waals surface area contributed by atoms with Gasteiger partial charge in [-0.3, -0.25) is 10.1 Å². The number of nitrogens with one attached hydrogen (secondary N) is 1. The second-order valence-corrected chi connectivity index (χ2v) is 6.13. The molecule has 0 aliphatic carbocycles. The summed E-state index contributed by atoms with van der Waals surface area (Å²) in [6.45, 7) is 2.46. The van der Waals surface area contributed by atoms with E-state index in [0.717, 1.165) is 11.1 Å². The van der Waals surface area contributed by atoms with Gasteiger partial charge in [-0.15, -0.1) is 0 Å². The minimum absolute atomic E-state index is 0.162. The average Bonchev–Trinajstić information content (AvgIpc) is 3.08. The van der Waals surface area contributed by atoms with E-state index in [-0.39, 0.29) is 12.5 Å². The minimum atomic E-state index is -1.09. The lowest BCUT2D eigenvalue weighted by atomic mass is 9.87. The molecule has 0 fully saturated rings. The number of hydrogen-bond acceptors (Lipinski definition) is 5. The maximum absolute atomic E-state index is 12.0. The number of aromatic hydroxyl groups is 1. The third-order valence-corrected chi connectivity index (χ3v) is 4.52. The van der Waals surface area contributed by atoms with Crippen LogP contribution in [0.5, 0.6) is 17.2 Å². The van der Waals surface area contributed by atoms with Crippen LogP contribution in [0.3, 0.4) is 0 Å². The molecule has 3 N–H and O–H groups in total. The van der Waals surface area contributed by atoms with Crippen molar-refractivity contribution in [2.45, 2.75) is 31.8 Å². The molecule has 3 rings (SSSR count). The van der Waals surface area contributed by atoms with Crippen LogP contribution in [-0.2, 0) is 17.8 Å². The zero-order valence-corrected chi connectivity index (χ0v) is 14.0. The summed E-state index contributed by atoms with van der Waals surface area (Å²) in [5.41, 5.74) is 0.683. The van der Waals surface area contributed by atoms with Crippen molar-refractivity contribution in [1.82, 2.24) is 5.32 Å².